The highest BCUT2D eigenvalue weighted by Gasteiger charge is 2.32. The van der Waals surface area contributed by atoms with Crippen LogP contribution < -0.4 is 24.6 Å². The number of likely N-dealkylation sites (tertiary alicyclic amines) is 1. The molecule has 0 atom stereocenters. The fourth-order valence-electron chi connectivity index (χ4n) is 6.16. The first kappa shape index (κ1) is 30.9. The number of anilines is 6. The number of aryl methyl sites for hydroxylation is 1. The van der Waals surface area contributed by atoms with Gasteiger partial charge in [-0.1, -0.05) is 31.5 Å². The van der Waals surface area contributed by atoms with Gasteiger partial charge in [0.2, 0.25) is 5.95 Å². The van der Waals surface area contributed by atoms with Gasteiger partial charge < -0.3 is 29.5 Å². The Morgan fingerprint density at radius 3 is 2.53 bits per heavy atom. The van der Waals surface area contributed by atoms with E-state index in [0.717, 1.165) is 72.0 Å². The molecule has 2 aromatic carbocycles. The van der Waals surface area contributed by atoms with Gasteiger partial charge in [0, 0.05) is 94.5 Å². The van der Waals surface area contributed by atoms with Gasteiger partial charge in [0.05, 0.1) is 29.7 Å². The molecule has 0 saturated carbocycles. The van der Waals surface area contributed by atoms with Crippen molar-refractivity contribution < 1.29 is 4.74 Å². The topological polar surface area (TPSA) is 97.8 Å². The third-order valence-electron chi connectivity index (χ3n) is 8.74. The summed E-state index contributed by atoms with van der Waals surface area (Å²) in [5.74, 6) is 1.84. The number of nitrogens with zero attached hydrogens (tertiary/aromatic N) is 8. The highest BCUT2D eigenvalue weighted by atomic mass is 32.2. The van der Waals surface area contributed by atoms with Crippen molar-refractivity contribution in [2.45, 2.75) is 19.4 Å². The predicted molar refractivity (Wildman–Crippen MR) is 188 cm³/mol. The van der Waals surface area contributed by atoms with Crippen molar-refractivity contribution in [1.29, 1.82) is 0 Å². The lowest BCUT2D eigenvalue weighted by atomic mass is 10.0. The molecule has 0 aliphatic carbocycles. The van der Waals surface area contributed by atoms with Gasteiger partial charge in [-0.25, -0.2) is 4.98 Å². The van der Waals surface area contributed by atoms with Crippen molar-refractivity contribution >= 4 is 63.6 Å². The van der Waals surface area contributed by atoms with E-state index in [1.807, 2.05) is 25.4 Å². The van der Waals surface area contributed by atoms with Crippen LogP contribution in [-0.2, 0) is 6.42 Å². The fraction of sp³-hybridized carbons (Fsp3) is 0.394. The number of benzene rings is 2. The summed E-state index contributed by atoms with van der Waals surface area (Å²) in [7, 11) is 5.91. The van der Waals surface area contributed by atoms with Crippen LogP contribution >= 0.6 is 11.9 Å². The molecule has 45 heavy (non-hydrogen) atoms. The lowest BCUT2D eigenvalue weighted by Gasteiger charge is -2.47. The maximum atomic E-state index is 5.90. The normalized spacial score (nSPS) is 16.0. The second-order valence-electron chi connectivity index (χ2n) is 11.5. The van der Waals surface area contributed by atoms with Gasteiger partial charge in [-0.15, -0.1) is 0 Å². The van der Waals surface area contributed by atoms with Crippen molar-refractivity contribution in [3.8, 4) is 5.75 Å². The van der Waals surface area contributed by atoms with E-state index < -0.39 is 0 Å². The van der Waals surface area contributed by atoms with E-state index in [4.69, 9.17) is 9.72 Å². The molecule has 236 valence electrons. The van der Waals surface area contributed by atoms with Gasteiger partial charge in [0.25, 0.3) is 0 Å². The summed E-state index contributed by atoms with van der Waals surface area (Å²) in [5.41, 5.74) is 7.51. The van der Waals surface area contributed by atoms with E-state index in [0.29, 0.717) is 17.8 Å². The molecule has 0 amide bonds. The molecule has 2 N–H and O–H groups in total. The highest BCUT2D eigenvalue weighted by molar-refractivity contribution is 7.99. The van der Waals surface area contributed by atoms with Crippen molar-refractivity contribution in [2.75, 3.05) is 86.6 Å². The number of hydrogen-bond acceptors (Lipinski definition) is 12. The number of nitrogens with one attached hydrogen (secondary N) is 2. The van der Waals surface area contributed by atoms with E-state index in [1.165, 1.54) is 24.3 Å². The summed E-state index contributed by atoms with van der Waals surface area (Å²) in [4.78, 5) is 26.1. The SMILES string of the molecule is C=Cc1cnc(Nc2cc(CC)c(N3CCN(C4CN(C)C4)CC3)cc2OC)nc1Nc1ccc2nccnc2c1N(C)SC. The third-order valence-corrected chi connectivity index (χ3v) is 9.47. The predicted octanol–water partition coefficient (Wildman–Crippen LogP) is 5.27. The zero-order valence-electron chi connectivity index (χ0n) is 26.7. The van der Waals surface area contributed by atoms with Gasteiger partial charge >= 0.3 is 0 Å². The molecule has 4 heterocycles. The Morgan fingerprint density at radius 2 is 1.84 bits per heavy atom. The van der Waals surface area contributed by atoms with E-state index in [-0.39, 0.29) is 0 Å². The summed E-state index contributed by atoms with van der Waals surface area (Å²) in [6.07, 6.45) is 9.86. The largest absolute Gasteiger partial charge is 0.494 e. The van der Waals surface area contributed by atoms with Gasteiger partial charge in [0.15, 0.2) is 0 Å². The lowest BCUT2D eigenvalue weighted by molar-refractivity contribution is 0.0487. The molecule has 6 rings (SSSR count). The van der Waals surface area contributed by atoms with Crippen LogP contribution in [0.25, 0.3) is 17.1 Å². The Labute approximate surface area is 269 Å². The van der Waals surface area contributed by atoms with Gasteiger partial charge in [-0.05, 0) is 37.2 Å². The van der Waals surface area contributed by atoms with Crippen LogP contribution in [0.15, 0.2) is 49.4 Å². The molecule has 2 fully saturated rings. The molecule has 2 aliphatic heterocycles. The molecule has 11 nitrogen and oxygen atoms in total. The second-order valence-corrected chi connectivity index (χ2v) is 12.4. The molecule has 0 unspecified atom stereocenters. The standard InChI is InChI=1S/C33H42N10OS/c1-7-22-17-27(29(44-5)18-28(22)43-15-13-42(14-16-43)24-20-40(3)21-24)38-33-36-19-23(8-2)32(39-33)37-26-10-9-25-30(35-12-11-34-25)31(26)41(4)45-6/h8-12,17-19,24H,2,7,13-16,20-21H2,1,3-6H3,(H2,36,37,38,39). The van der Waals surface area contributed by atoms with E-state index in [1.54, 1.807) is 43.7 Å². The zero-order chi connectivity index (χ0) is 31.5. The molecule has 2 aromatic heterocycles. The minimum Gasteiger partial charge on any atom is -0.494 e. The molecule has 12 heteroatoms. The van der Waals surface area contributed by atoms with E-state index >= 15 is 0 Å². The van der Waals surface area contributed by atoms with Crippen LogP contribution in [0, 0.1) is 0 Å². The molecule has 2 saturated heterocycles. The first-order valence-electron chi connectivity index (χ1n) is 15.4. The summed E-state index contributed by atoms with van der Waals surface area (Å²) in [6.45, 7) is 12.7. The number of rotatable bonds is 11. The molecule has 4 aromatic rings. The molecule has 2 aliphatic rings. The minimum absolute atomic E-state index is 0.454. The maximum Gasteiger partial charge on any atom is 0.229 e. The third kappa shape index (κ3) is 6.35. The van der Waals surface area contributed by atoms with Crippen molar-refractivity contribution in [2.24, 2.45) is 0 Å². The van der Waals surface area contributed by atoms with Crippen LogP contribution in [0.5, 0.6) is 5.75 Å². The summed E-state index contributed by atoms with van der Waals surface area (Å²) < 4.78 is 7.97. The smallest absolute Gasteiger partial charge is 0.229 e. The number of piperazine rings is 1. The van der Waals surface area contributed by atoms with Crippen molar-refractivity contribution in [3.63, 3.8) is 0 Å². The van der Waals surface area contributed by atoms with Crippen LogP contribution in [0.3, 0.4) is 0 Å². The van der Waals surface area contributed by atoms with E-state index in [2.05, 4.69) is 77.3 Å². The number of aromatic nitrogens is 4. The summed E-state index contributed by atoms with van der Waals surface area (Å²) in [5, 5.41) is 6.96. The molecular weight excluding hydrogens is 584 g/mol. The zero-order valence-corrected chi connectivity index (χ0v) is 27.6. The van der Waals surface area contributed by atoms with Crippen molar-refractivity contribution in [1.82, 2.24) is 29.7 Å². The quantitative estimate of drug-likeness (QED) is 0.212. The molecule has 0 spiro atoms. The average Bonchev–Trinajstić information content (AvgIpc) is 3.06. The average molecular weight is 627 g/mol. The monoisotopic (exact) mass is 626 g/mol. The fourth-order valence-corrected chi connectivity index (χ4v) is 6.53. The van der Waals surface area contributed by atoms with Gasteiger partial charge in [-0.2, -0.15) is 4.98 Å². The van der Waals surface area contributed by atoms with Crippen LogP contribution in [0.1, 0.15) is 18.1 Å². The number of methoxy groups -OCH3 is 1. The highest BCUT2D eigenvalue weighted by Crippen LogP contribution is 2.38. The minimum atomic E-state index is 0.454. The molecule has 0 bridgehead atoms. The Bertz CT molecular complexity index is 1670. The number of hydrogen-bond donors (Lipinski definition) is 2. The van der Waals surface area contributed by atoms with Crippen LogP contribution in [-0.4, -0.2) is 103 Å². The number of fused-ring (bicyclic) bond motifs is 1. The first-order chi connectivity index (χ1) is 21.9. The Balaban J connectivity index is 1.26. The van der Waals surface area contributed by atoms with Crippen LogP contribution in [0.4, 0.5) is 34.5 Å². The Hall–Kier alpha value is -4.13. The lowest BCUT2D eigenvalue weighted by Crippen LogP contribution is -2.62. The summed E-state index contributed by atoms with van der Waals surface area (Å²) in [6, 6.07) is 8.99. The molecular formula is C33H42N10OS. The number of likely N-dealkylation sites (N-methyl/N-ethyl adjacent to an activating group) is 1. The Morgan fingerprint density at radius 1 is 1.07 bits per heavy atom. The first-order valence-corrected chi connectivity index (χ1v) is 16.5. The van der Waals surface area contributed by atoms with Gasteiger partial charge in [0.1, 0.15) is 17.1 Å². The van der Waals surface area contributed by atoms with Crippen molar-refractivity contribution in [3.05, 3.63) is 60.6 Å². The van der Waals surface area contributed by atoms with E-state index in [9.17, 15) is 0 Å². The second kappa shape index (κ2) is 13.5. The number of ether oxygens (including phenoxy) is 1. The molecule has 0 radical (unpaired) electrons. The Kier molecular flexibility index (Phi) is 9.24. The van der Waals surface area contributed by atoms with Gasteiger partial charge in [-0.3, -0.25) is 14.9 Å². The maximum absolute atomic E-state index is 5.90. The summed E-state index contributed by atoms with van der Waals surface area (Å²) >= 11 is 1.59. The van der Waals surface area contributed by atoms with Crippen LogP contribution in [0.2, 0.25) is 0 Å².